The van der Waals surface area contributed by atoms with E-state index in [0.29, 0.717) is 11.9 Å². The van der Waals surface area contributed by atoms with Gasteiger partial charge in [0.25, 0.3) is 0 Å². The van der Waals surface area contributed by atoms with Gasteiger partial charge >= 0.3 is 0 Å². The van der Waals surface area contributed by atoms with Gasteiger partial charge in [0.15, 0.2) is 0 Å². The highest BCUT2D eigenvalue weighted by Crippen LogP contribution is 2.16. The van der Waals surface area contributed by atoms with Gasteiger partial charge in [0.1, 0.15) is 5.82 Å². The maximum Gasteiger partial charge on any atom is 0.128 e. The number of anilines is 1. The Balaban J connectivity index is 1.96. The molecule has 0 N–H and O–H groups in total. The minimum Gasteiger partial charge on any atom is -0.354 e. The molecule has 0 bridgehead atoms. The number of hydrogen-bond acceptors (Lipinski definition) is 3. The van der Waals surface area contributed by atoms with Crippen molar-refractivity contribution in [2.24, 2.45) is 0 Å². The summed E-state index contributed by atoms with van der Waals surface area (Å²) in [4.78, 5) is 9.49. The fraction of sp³-hybridized carbons (Fsp3) is 0.643. The molecule has 4 heteroatoms. The fourth-order valence-electron chi connectivity index (χ4n) is 2.37. The summed E-state index contributed by atoms with van der Waals surface area (Å²) in [6.45, 7) is 8.93. The molecule has 0 aliphatic carbocycles. The average molecular weight is 268 g/mol. The van der Waals surface area contributed by atoms with E-state index in [4.69, 9.17) is 11.6 Å². The minimum absolute atomic E-state index is 0.487. The molecule has 1 fully saturated rings. The largest absolute Gasteiger partial charge is 0.354 e. The van der Waals surface area contributed by atoms with Crippen molar-refractivity contribution in [2.45, 2.75) is 32.2 Å². The van der Waals surface area contributed by atoms with Crippen LogP contribution in [0, 0.1) is 0 Å². The van der Waals surface area contributed by atoms with E-state index in [0.717, 1.165) is 37.7 Å². The molecule has 0 saturated carbocycles. The Morgan fingerprint density at radius 1 is 1.28 bits per heavy atom. The van der Waals surface area contributed by atoms with Gasteiger partial charge in [-0.2, -0.15) is 0 Å². The summed E-state index contributed by atoms with van der Waals surface area (Å²) >= 11 is 5.83. The zero-order chi connectivity index (χ0) is 13.0. The van der Waals surface area contributed by atoms with Gasteiger partial charge in [-0.05, 0) is 25.5 Å². The van der Waals surface area contributed by atoms with Crippen LogP contribution in [0.25, 0.3) is 0 Å². The molecular weight excluding hydrogens is 246 g/mol. The Morgan fingerprint density at radius 2 is 2.00 bits per heavy atom. The molecule has 0 radical (unpaired) electrons. The highest BCUT2D eigenvalue weighted by atomic mass is 35.5. The van der Waals surface area contributed by atoms with Crippen molar-refractivity contribution in [1.29, 1.82) is 0 Å². The van der Waals surface area contributed by atoms with Gasteiger partial charge in [0, 0.05) is 32.2 Å². The van der Waals surface area contributed by atoms with E-state index >= 15 is 0 Å². The molecular formula is C14H22ClN3. The first-order chi connectivity index (χ1) is 8.74. The molecule has 1 unspecified atom stereocenters. The summed E-state index contributed by atoms with van der Waals surface area (Å²) < 4.78 is 0. The van der Waals surface area contributed by atoms with Crippen LogP contribution >= 0.6 is 11.6 Å². The lowest BCUT2D eigenvalue weighted by Gasteiger charge is -2.38. The van der Waals surface area contributed by atoms with Gasteiger partial charge < -0.3 is 4.90 Å². The van der Waals surface area contributed by atoms with Gasteiger partial charge in [-0.1, -0.05) is 13.0 Å². The predicted molar refractivity (Wildman–Crippen MR) is 77.3 cm³/mol. The molecule has 1 saturated heterocycles. The van der Waals surface area contributed by atoms with Crippen LogP contribution in [0.3, 0.4) is 0 Å². The van der Waals surface area contributed by atoms with Gasteiger partial charge in [-0.15, -0.1) is 11.6 Å². The Kier molecular flexibility index (Phi) is 4.84. The number of alkyl halides is 1. The zero-order valence-corrected chi connectivity index (χ0v) is 12.0. The lowest BCUT2D eigenvalue weighted by molar-refractivity contribution is 0.192. The molecule has 3 nitrogen and oxygen atoms in total. The molecule has 1 aliphatic rings. The highest BCUT2D eigenvalue weighted by molar-refractivity contribution is 6.16. The summed E-state index contributed by atoms with van der Waals surface area (Å²) in [5, 5.41) is 0. The van der Waals surface area contributed by atoms with Crippen molar-refractivity contribution < 1.29 is 0 Å². The van der Waals surface area contributed by atoms with Crippen LogP contribution in [0.1, 0.15) is 26.0 Å². The van der Waals surface area contributed by atoms with E-state index in [9.17, 15) is 0 Å². The molecule has 0 aromatic carbocycles. The Bertz CT molecular complexity index is 375. The third-order valence-electron chi connectivity index (χ3n) is 3.78. The molecule has 0 amide bonds. The van der Waals surface area contributed by atoms with Crippen LogP contribution in [-0.2, 0) is 5.88 Å². The lowest BCUT2D eigenvalue weighted by Crippen LogP contribution is -2.49. The normalized spacial score (nSPS) is 18.9. The van der Waals surface area contributed by atoms with E-state index in [1.54, 1.807) is 0 Å². The molecule has 1 atom stereocenters. The third kappa shape index (κ3) is 3.15. The molecule has 2 rings (SSSR count). The second-order valence-corrected chi connectivity index (χ2v) is 5.17. The van der Waals surface area contributed by atoms with Crippen LogP contribution in [0.5, 0.6) is 0 Å². The van der Waals surface area contributed by atoms with Gasteiger partial charge in [-0.3, -0.25) is 4.90 Å². The first-order valence-corrected chi connectivity index (χ1v) is 7.29. The SMILES string of the molecule is CCC(C)N1CCN(c2cccc(CCl)n2)CC1. The topological polar surface area (TPSA) is 19.4 Å². The van der Waals surface area contributed by atoms with Crippen LogP contribution in [0.2, 0.25) is 0 Å². The second-order valence-electron chi connectivity index (χ2n) is 4.90. The smallest absolute Gasteiger partial charge is 0.128 e. The van der Waals surface area contributed by atoms with Crippen LogP contribution in [-0.4, -0.2) is 42.1 Å². The van der Waals surface area contributed by atoms with Crippen LogP contribution in [0.15, 0.2) is 18.2 Å². The summed E-state index contributed by atoms with van der Waals surface area (Å²) in [5.41, 5.74) is 0.957. The van der Waals surface area contributed by atoms with Crippen molar-refractivity contribution in [1.82, 2.24) is 9.88 Å². The van der Waals surface area contributed by atoms with Gasteiger partial charge in [0.2, 0.25) is 0 Å². The number of halogens is 1. The van der Waals surface area contributed by atoms with E-state index in [2.05, 4.69) is 34.7 Å². The molecule has 1 aromatic rings. The molecule has 1 aliphatic heterocycles. The number of rotatable bonds is 4. The molecule has 100 valence electrons. The van der Waals surface area contributed by atoms with Crippen molar-refractivity contribution in [3.8, 4) is 0 Å². The second kappa shape index (κ2) is 6.39. The van der Waals surface area contributed by atoms with E-state index in [-0.39, 0.29) is 0 Å². The molecule has 1 aromatic heterocycles. The average Bonchev–Trinajstić information content (AvgIpc) is 2.46. The van der Waals surface area contributed by atoms with Gasteiger partial charge in [-0.25, -0.2) is 4.98 Å². The van der Waals surface area contributed by atoms with E-state index < -0.39 is 0 Å². The van der Waals surface area contributed by atoms with Crippen molar-refractivity contribution >= 4 is 17.4 Å². The number of hydrogen-bond donors (Lipinski definition) is 0. The highest BCUT2D eigenvalue weighted by Gasteiger charge is 2.20. The molecule has 0 spiro atoms. The van der Waals surface area contributed by atoms with Crippen molar-refractivity contribution in [2.75, 3.05) is 31.1 Å². The summed E-state index contributed by atoms with van der Waals surface area (Å²) in [6, 6.07) is 6.79. The number of aromatic nitrogens is 1. The summed E-state index contributed by atoms with van der Waals surface area (Å²) in [5.74, 6) is 1.55. The fourth-order valence-corrected chi connectivity index (χ4v) is 2.52. The number of nitrogens with zero attached hydrogens (tertiary/aromatic N) is 3. The zero-order valence-electron chi connectivity index (χ0n) is 11.3. The van der Waals surface area contributed by atoms with E-state index in [1.165, 1.54) is 6.42 Å². The standard InChI is InChI=1S/C14H22ClN3/c1-3-12(2)17-7-9-18(10-8-17)14-6-4-5-13(11-15)16-14/h4-6,12H,3,7-11H2,1-2H3. The molecule has 2 heterocycles. The first-order valence-electron chi connectivity index (χ1n) is 6.75. The van der Waals surface area contributed by atoms with Crippen LogP contribution in [0.4, 0.5) is 5.82 Å². The minimum atomic E-state index is 0.487. The Labute approximate surface area is 115 Å². The third-order valence-corrected chi connectivity index (χ3v) is 4.06. The Hall–Kier alpha value is -0.800. The maximum absolute atomic E-state index is 5.83. The summed E-state index contributed by atoms with van der Waals surface area (Å²) in [6.07, 6.45) is 1.22. The van der Waals surface area contributed by atoms with Crippen molar-refractivity contribution in [3.05, 3.63) is 23.9 Å². The molecule has 18 heavy (non-hydrogen) atoms. The summed E-state index contributed by atoms with van der Waals surface area (Å²) in [7, 11) is 0. The van der Waals surface area contributed by atoms with Crippen molar-refractivity contribution in [3.63, 3.8) is 0 Å². The number of pyridine rings is 1. The Morgan fingerprint density at radius 3 is 2.61 bits per heavy atom. The first kappa shape index (κ1) is 13.6. The monoisotopic (exact) mass is 267 g/mol. The number of piperazine rings is 1. The van der Waals surface area contributed by atoms with Crippen LogP contribution < -0.4 is 4.90 Å². The lowest BCUT2D eigenvalue weighted by atomic mass is 10.2. The quantitative estimate of drug-likeness (QED) is 0.782. The van der Waals surface area contributed by atoms with E-state index in [1.807, 2.05) is 12.1 Å². The predicted octanol–water partition coefficient (Wildman–Crippen LogP) is 2.74. The van der Waals surface area contributed by atoms with Gasteiger partial charge in [0.05, 0.1) is 11.6 Å². The maximum atomic E-state index is 5.83.